The van der Waals surface area contributed by atoms with Gasteiger partial charge in [0.05, 0.1) is 18.3 Å². The van der Waals surface area contributed by atoms with Gasteiger partial charge in [-0.2, -0.15) is 13.2 Å². The minimum atomic E-state index is -4.68. The first kappa shape index (κ1) is 12.3. The van der Waals surface area contributed by atoms with Crippen LogP contribution >= 0.6 is 0 Å². The minimum Gasteiger partial charge on any atom is -0.371 e. The van der Waals surface area contributed by atoms with E-state index in [1.54, 1.807) is 0 Å². The zero-order valence-corrected chi connectivity index (χ0v) is 8.85. The van der Waals surface area contributed by atoms with Crippen molar-refractivity contribution in [2.75, 3.05) is 19.7 Å². The van der Waals surface area contributed by atoms with E-state index in [1.165, 1.54) is 6.07 Å². The van der Waals surface area contributed by atoms with Gasteiger partial charge in [0.1, 0.15) is 5.82 Å². The van der Waals surface area contributed by atoms with Gasteiger partial charge >= 0.3 is 6.18 Å². The largest absolute Gasteiger partial charge is 0.419 e. The zero-order valence-electron chi connectivity index (χ0n) is 8.85. The molecule has 0 saturated carbocycles. The third-order valence-corrected chi connectivity index (χ3v) is 2.60. The number of rotatable bonds is 1. The van der Waals surface area contributed by atoms with Gasteiger partial charge in [0.2, 0.25) is 0 Å². The molecule has 0 unspecified atom stereocenters. The highest BCUT2D eigenvalue weighted by Crippen LogP contribution is 2.33. The molecule has 17 heavy (non-hydrogen) atoms. The van der Waals surface area contributed by atoms with Gasteiger partial charge in [0.25, 0.3) is 0 Å². The highest BCUT2D eigenvalue weighted by Gasteiger charge is 2.34. The van der Waals surface area contributed by atoms with Crippen LogP contribution in [-0.4, -0.2) is 19.7 Å². The Balaban J connectivity index is 2.30. The van der Waals surface area contributed by atoms with Crippen molar-refractivity contribution in [2.24, 2.45) is 0 Å². The quantitative estimate of drug-likeness (QED) is 0.772. The molecule has 6 heteroatoms. The first-order chi connectivity index (χ1) is 7.98. The first-order valence-electron chi connectivity index (χ1n) is 5.17. The van der Waals surface area contributed by atoms with E-state index in [2.05, 4.69) is 5.32 Å². The molecule has 1 aliphatic rings. The lowest BCUT2D eigenvalue weighted by molar-refractivity contribution is -0.140. The topological polar surface area (TPSA) is 21.3 Å². The Labute approximate surface area is 95.6 Å². The molecule has 1 N–H and O–H groups in total. The normalized spacial score (nSPS) is 21.5. The van der Waals surface area contributed by atoms with E-state index in [-0.39, 0.29) is 0 Å². The van der Waals surface area contributed by atoms with E-state index in [4.69, 9.17) is 4.74 Å². The third-order valence-electron chi connectivity index (χ3n) is 2.60. The van der Waals surface area contributed by atoms with Gasteiger partial charge in [-0.3, -0.25) is 0 Å². The van der Waals surface area contributed by atoms with Crippen molar-refractivity contribution >= 4 is 0 Å². The number of ether oxygens (including phenoxy) is 1. The molecule has 1 atom stereocenters. The van der Waals surface area contributed by atoms with Crippen molar-refractivity contribution in [2.45, 2.75) is 12.3 Å². The number of alkyl halides is 3. The first-order valence-corrected chi connectivity index (χ1v) is 5.17. The van der Waals surface area contributed by atoms with Gasteiger partial charge in [-0.1, -0.05) is 6.07 Å². The molecule has 2 nitrogen and oxygen atoms in total. The van der Waals surface area contributed by atoms with Crippen LogP contribution in [0, 0.1) is 5.82 Å². The lowest BCUT2D eigenvalue weighted by Gasteiger charge is -2.24. The summed E-state index contributed by atoms with van der Waals surface area (Å²) < 4.78 is 55.9. The van der Waals surface area contributed by atoms with Crippen LogP contribution < -0.4 is 5.32 Å². The molecular formula is C11H11F4NO. The van der Waals surface area contributed by atoms with Gasteiger partial charge in [0.15, 0.2) is 0 Å². The summed E-state index contributed by atoms with van der Waals surface area (Å²) in [6.45, 7) is 1.54. The number of hydrogen-bond acceptors (Lipinski definition) is 2. The average Bonchev–Trinajstić information content (AvgIpc) is 2.29. The summed E-state index contributed by atoms with van der Waals surface area (Å²) in [5.41, 5.74) is -0.907. The van der Waals surface area contributed by atoms with Gasteiger partial charge in [0, 0.05) is 13.1 Å². The van der Waals surface area contributed by atoms with Crippen LogP contribution in [0.3, 0.4) is 0 Å². The molecule has 1 saturated heterocycles. The van der Waals surface area contributed by atoms with Crippen LogP contribution in [0.25, 0.3) is 0 Å². The van der Waals surface area contributed by atoms with Crippen LogP contribution in [0.15, 0.2) is 18.2 Å². The highest BCUT2D eigenvalue weighted by molar-refractivity contribution is 5.29. The monoisotopic (exact) mass is 249 g/mol. The van der Waals surface area contributed by atoms with Crippen molar-refractivity contribution in [3.05, 3.63) is 35.1 Å². The molecule has 0 bridgehead atoms. The van der Waals surface area contributed by atoms with Crippen LogP contribution in [-0.2, 0) is 10.9 Å². The lowest BCUT2D eigenvalue weighted by Crippen LogP contribution is -2.33. The molecule has 1 aliphatic heterocycles. The van der Waals surface area contributed by atoms with E-state index in [0.717, 1.165) is 12.1 Å². The SMILES string of the molecule is Fc1ccc([C@@H]2CNCCO2)cc1C(F)(F)F. The smallest absolute Gasteiger partial charge is 0.371 e. The van der Waals surface area contributed by atoms with Crippen LogP contribution in [0.5, 0.6) is 0 Å². The molecule has 0 aromatic heterocycles. The molecule has 0 radical (unpaired) electrons. The van der Waals surface area contributed by atoms with E-state index in [0.29, 0.717) is 25.3 Å². The number of halogens is 4. The van der Waals surface area contributed by atoms with E-state index >= 15 is 0 Å². The second-order valence-corrected chi connectivity index (χ2v) is 3.80. The summed E-state index contributed by atoms with van der Waals surface area (Å²) in [7, 11) is 0. The molecule has 0 aliphatic carbocycles. The lowest BCUT2D eigenvalue weighted by atomic mass is 10.0. The van der Waals surface area contributed by atoms with E-state index in [1.807, 2.05) is 0 Å². The van der Waals surface area contributed by atoms with Crippen LogP contribution in [0.4, 0.5) is 17.6 Å². The van der Waals surface area contributed by atoms with Crippen molar-refractivity contribution in [1.29, 1.82) is 0 Å². The molecule has 0 amide bonds. The maximum Gasteiger partial charge on any atom is 0.419 e. The van der Waals surface area contributed by atoms with Crippen molar-refractivity contribution in [3.8, 4) is 0 Å². The van der Waals surface area contributed by atoms with Crippen LogP contribution in [0.1, 0.15) is 17.2 Å². The summed E-state index contributed by atoms with van der Waals surface area (Å²) in [6.07, 6.45) is -5.13. The molecule has 1 aromatic rings. The second-order valence-electron chi connectivity index (χ2n) is 3.80. The molecular weight excluding hydrogens is 238 g/mol. The summed E-state index contributed by atoms with van der Waals surface area (Å²) in [4.78, 5) is 0. The predicted molar refractivity (Wildman–Crippen MR) is 53.0 cm³/mol. The Morgan fingerprint density at radius 3 is 2.65 bits per heavy atom. The summed E-state index contributed by atoms with van der Waals surface area (Å²) in [6, 6.07) is 2.96. The Morgan fingerprint density at radius 2 is 2.06 bits per heavy atom. The maximum atomic E-state index is 13.1. The number of benzene rings is 1. The van der Waals surface area contributed by atoms with Gasteiger partial charge in [-0.05, 0) is 17.7 Å². The summed E-state index contributed by atoms with van der Waals surface area (Å²) in [5.74, 6) is -1.26. The minimum absolute atomic E-state index is 0.339. The number of nitrogens with one attached hydrogen (secondary N) is 1. The number of morpholine rings is 1. The number of hydrogen-bond donors (Lipinski definition) is 1. The molecule has 1 heterocycles. The Morgan fingerprint density at radius 1 is 1.29 bits per heavy atom. The molecule has 2 rings (SSSR count). The molecule has 1 aromatic carbocycles. The molecule has 94 valence electrons. The van der Waals surface area contributed by atoms with Crippen LogP contribution in [0.2, 0.25) is 0 Å². The Bertz CT molecular complexity index is 399. The van der Waals surface area contributed by atoms with E-state index < -0.39 is 23.7 Å². The van der Waals surface area contributed by atoms with Crippen molar-refractivity contribution in [3.63, 3.8) is 0 Å². The van der Waals surface area contributed by atoms with Gasteiger partial charge in [-0.15, -0.1) is 0 Å². The van der Waals surface area contributed by atoms with Crippen molar-refractivity contribution in [1.82, 2.24) is 5.32 Å². The second kappa shape index (κ2) is 4.62. The third kappa shape index (κ3) is 2.76. The zero-order chi connectivity index (χ0) is 12.5. The van der Waals surface area contributed by atoms with Gasteiger partial charge in [-0.25, -0.2) is 4.39 Å². The molecule has 0 spiro atoms. The maximum absolute atomic E-state index is 13.1. The van der Waals surface area contributed by atoms with Crippen molar-refractivity contribution < 1.29 is 22.3 Å². The summed E-state index contributed by atoms with van der Waals surface area (Å²) in [5, 5.41) is 3.01. The average molecular weight is 249 g/mol. The Kier molecular flexibility index (Phi) is 3.35. The summed E-state index contributed by atoms with van der Waals surface area (Å²) >= 11 is 0. The predicted octanol–water partition coefficient (Wildman–Crippen LogP) is 2.51. The van der Waals surface area contributed by atoms with Gasteiger partial charge < -0.3 is 10.1 Å². The highest BCUT2D eigenvalue weighted by atomic mass is 19.4. The fourth-order valence-electron chi connectivity index (χ4n) is 1.74. The molecule has 1 fully saturated rings. The standard InChI is InChI=1S/C11H11F4NO/c12-9-2-1-7(5-8(9)11(13,14)15)10-6-16-3-4-17-10/h1-2,5,10,16H,3-4,6H2/t10-/m0/s1. The Hall–Kier alpha value is -1.14. The fraction of sp³-hybridized carbons (Fsp3) is 0.455. The fourth-order valence-corrected chi connectivity index (χ4v) is 1.74. The van der Waals surface area contributed by atoms with E-state index in [9.17, 15) is 17.6 Å².